The summed E-state index contributed by atoms with van der Waals surface area (Å²) in [5, 5.41) is 12.1. The second-order valence-corrected chi connectivity index (χ2v) is 2.19. The monoisotopic (exact) mass is 168 g/mol. The lowest BCUT2D eigenvalue weighted by Gasteiger charge is -1.91. The molecule has 5 heteroatoms. The molecule has 0 fully saturated rings. The summed E-state index contributed by atoms with van der Waals surface area (Å²) < 4.78 is 1.50. The third-order valence-electron chi connectivity index (χ3n) is 1.39. The van der Waals surface area contributed by atoms with E-state index in [0.717, 1.165) is 0 Å². The van der Waals surface area contributed by atoms with Gasteiger partial charge < -0.3 is 5.11 Å². The lowest BCUT2D eigenvalue weighted by molar-refractivity contribution is -0.131. The molecule has 12 heavy (non-hydrogen) atoms. The zero-order valence-electron chi connectivity index (χ0n) is 6.52. The molecule has 1 heterocycles. The van der Waals surface area contributed by atoms with E-state index >= 15 is 0 Å². The van der Waals surface area contributed by atoms with Crippen LogP contribution in [0.3, 0.4) is 0 Å². The van der Waals surface area contributed by atoms with Gasteiger partial charge in [-0.2, -0.15) is 5.10 Å². The van der Waals surface area contributed by atoms with E-state index in [0.29, 0.717) is 6.54 Å². The summed E-state index contributed by atoms with van der Waals surface area (Å²) in [7, 11) is 0. The predicted octanol–water partition coefficient (Wildman–Crippen LogP) is 0.170. The minimum absolute atomic E-state index is 0.0237. The topological polar surface area (TPSA) is 72.2 Å². The van der Waals surface area contributed by atoms with Crippen molar-refractivity contribution in [3.05, 3.63) is 18.0 Å². The molecule has 0 atom stereocenters. The van der Waals surface area contributed by atoms with Gasteiger partial charge in [0.25, 0.3) is 5.78 Å². The van der Waals surface area contributed by atoms with Gasteiger partial charge >= 0.3 is 5.97 Å². The minimum atomic E-state index is -1.48. The van der Waals surface area contributed by atoms with Gasteiger partial charge in [-0.15, -0.1) is 0 Å². The van der Waals surface area contributed by atoms with Crippen LogP contribution in [0.4, 0.5) is 0 Å². The molecule has 1 N–H and O–H groups in total. The molecule has 1 rings (SSSR count). The Morgan fingerprint density at radius 2 is 2.33 bits per heavy atom. The van der Waals surface area contributed by atoms with Crippen molar-refractivity contribution in [2.45, 2.75) is 13.5 Å². The maximum atomic E-state index is 10.8. The van der Waals surface area contributed by atoms with E-state index in [1.165, 1.54) is 10.7 Å². The first-order valence-electron chi connectivity index (χ1n) is 3.46. The second kappa shape index (κ2) is 3.17. The normalized spacial score (nSPS) is 9.75. The molecule has 0 unspecified atom stereocenters. The first kappa shape index (κ1) is 8.45. The van der Waals surface area contributed by atoms with Crippen LogP contribution >= 0.6 is 0 Å². The highest BCUT2D eigenvalue weighted by atomic mass is 16.4. The molecule has 0 aliphatic rings. The van der Waals surface area contributed by atoms with Crippen LogP contribution in [0.15, 0.2) is 12.3 Å². The van der Waals surface area contributed by atoms with Crippen molar-refractivity contribution in [2.24, 2.45) is 0 Å². The van der Waals surface area contributed by atoms with Crippen LogP contribution in [0.1, 0.15) is 17.4 Å². The molecular weight excluding hydrogens is 160 g/mol. The van der Waals surface area contributed by atoms with E-state index in [9.17, 15) is 9.59 Å². The minimum Gasteiger partial charge on any atom is -0.475 e. The number of carboxylic acid groups (broad SMARTS) is 1. The number of aliphatic carboxylic acids is 1. The van der Waals surface area contributed by atoms with Gasteiger partial charge in [-0.25, -0.2) is 4.79 Å². The van der Waals surface area contributed by atoms with E-state index in [1.807, 2.05) is 6.92 Å². The average Bonchev–Trinajstić information content (AvgIpc) is 2.50. The van der Waals surface area contributed by atoms with E-state index in [4.69, 9.17) is 5.11 Å². The molecule has 0 aliphatic heterocycles. The highest BCUT2D eigenvalue weighted by Gasteiger charge is 2.16. The van der Waals surface area contributed by atoms with Crippen LogP contribution in [-0.2, 0) is 11.3 Å². The molecule has 64 valence electrons. The van der Waals surface area contributed by atoms with Crippen LogP contribution in [0.5, 0.6) is 0 Å². The number of carbonyl (C=O) groups excluding carboxylic acids is 1. The molecule has 1 aromatic rings. The van der Waals surface area contributed by atoms with E-state index in [2.05, 4.69) is 5.10 Å². The molecule has 5 nitrogen and oxygen atoms in total. The molecule has 0 amide bonds. The highest BCUT2D eigenvalue weighted by Crippen LogP contribution is 1.96. The summed E-state index contributed by atoms with van der Waals surface area (Å²) in [5.41, 5.74) is -0.0237. The molecule has 1 aromatic heterocycles. The number of carbonyl (C=O) groups is 2. The number of Topliss-reactive ketones (excluding diaryl/α,β-unsaturated/α-hetero) is 1. The van der Waals surface area contributed by atoms with Gasteiger partial charge in [-0.3, -0.25) is 9.48 Å². The van der Waals surface area contributed by atoms with E-state index in [1.54, 1.807) is 6.20 Å². The van der Waals surface area contributed by atoms with Gasteiger partial charge in [-0.05, 0) is 13.0 Å². The summed E-state index contributed by atoms with van der Waals surface area (Å²) in [5.74, 6) is -2.45. The molecule has 0 radical (unpaired) electrons. The van der Waals surface area contributed by atoms with Crippen LogP contribution < -0.4 is 0 Å². The van der Waals surface area contributed by atoms with Crippen LogP contribution in [-0.4, -0.2) is 26.6 Å². The Balaban J connectivity index is 2.89. The number of aromatic nitrogens is 2. The number of carboxylic acids is 1. The van der Waals surface area contributed by atoms with Gasteiger partial charge in [0.2, 0.25) is 0 Å². The third-order valence-corrected chi connectivity index (χ3v) is 1.39. The van der Waals surface area contributed by atoms with Gasteiger partial charge in [0.15, 0.2) is 0 Å². The summed E-state index contributed by atoms with van der Waals surface area (Å²) in [6, 6.07) is 1.39. The SMILES string of the molecule is CCn1ccc(C(=O)C(=O)O)n1. The fourth-order valence-electron chi connectivity index (χ4n) is 0.768. The molecule has 0 aliphatic carbocycles. The summed E-state index contributed by atoms with van der Waals surface area (Å²) in [6.45, 7) is 2.47. The maximum absolute atomic E-state index is 10.8. The molecule has 0 saturated carbocycles. The zero-order chi connectivity index (χ0) is 9.14. The van der Waals surface area contributed by atoms with Crippen molar-refractivity contribution in [1.82, 2.24) is 9.78 Å². The Labute approximate surface area is 68.6 Å². The van der Waals surface area contributed by atoms with Gasteiger partial charge in [-0.1, -0.05) is 0 Å². The Kier molecular flexibility index (Phi) is 2.23. The Hall–Kier alpha value is -1.65. The Morgan fingerprint density at radius 3 is 2.75 bits per heavy atom. The summed E-state index contributed by atoms with van der Waals surface area (Å²) in [4.78, 5) is 21.0. The lowest BCUT2D eigenvalue weighted by atomic mass is 10.3. The summed E-state index contributed by atoms with van der Waals surface area (Å²) >= 11 is 0. The van der Waals surface area contributed by atoms with Crippen LogP contribution in [0.2, 0.25) is 0 Å². The Bertz CT molecular complexity index is 316. The number of aryl methyl sites for hydroxylation is 1. The van der Waals surface area contributed by atoms with Crippen molar-refractivity contribution in [1.29, 1.82) is 0 Å². The number of rotatable bonds is 3. The van der Waals surface area contributed by atoms with Crippen molar-refractivity contribution in [3.8, 4) is 0 Å². The molecule has 0 bridgehead atoms. The standard InChI is InChI=1S/C7H8N2O3/c1-2-9-4-3-5(8-9)6(10)7(11)12/h3-4H,2H2,1H3,(H,11,12). The third kappa shape index (κ3) is 1.50. The molecular formula is C7H8N2O3. The van der Waals surface area contributed by atoms with Gasteiger partial charge in [0.05, 0.1) is 0 Å². The molecule has 0 saturated heterocycles. The first-order chi connectivity index (χ1) is 5.65. The smallest absolute Gasteiger partial charge is 0.379 e. The Morgan fingerprint density at radius 1 is 1.67 bits per heavy atom. The second-order valence-electron chi connectivity index (χ2n) is 2.19. The predicted molar refractivity (Wildman–Crippen MR) is 39.9 cm³/mol. The van der Waals surface area contributed by atoms with E-state index in [-0.39, 0.29) is 5.69 Å². The van der Waals surface area contributed by atoms with Crippen molar-refractivity contribution in [2.75, 3.05) is 0 Å². The number of nitrogens with zero attached hydrogens (tertiary/aromatic N) is 2. The number of ketones is 1. The van der Waals surface area contributed by atoms with Crippen LogP contribution in [0, 0.1) is 0 Å². The van der Waals surface area contributed by atoms with Crippen molar-refractivity contribution >= 4 is 11.8 Å². The average molecular weight is 168 g/mol. The van der Waals surface area contributed by atoms with Crippen molar-refractivity contribution in [3.63, 3.8) is 0 Å². The quantitative estimate of drug-likeness (QED) is 0.515. The maximum Gasteiger partial charge on any atom is 0.379 e. The number of hydrogen-bond donors (Lipinski definition) is 1. The molecule has 0 spiro atoms. The highest BCUT2D eigenvalue weighted by molar-refractivity contribution is 6.39. The lowest BCUT2D eigenvalue weighted by Crippen LogP contribution is -2.13. The van der Waals surface area contributed by atoms with Gasteiger partial charge in [0, 0.05) is 12.7 Å². The number of hydrogen-bond acceptors (Lipinski definition) is 3. The fourth-order valence-corrected chi connectivity index (χ4v) is 0.768. The fraction of sp³-hybridized carbons (Fsp3) is 0.286. The first-order valence-corrected chi connectivity index (χ1v) is 3.46. The van der Waals surface area contributed by atoms with Crippen LogP contribution in [0.25, 0.3) is 0 Å². The van der Waals surface area contributed by atoms with E-state index < -0.39 is 11.8 Å². The summed E-state index contributed by atoms with van der Waals surface area (Å²) in [6.07, 6.45) is 1.57. The molecule has 0 aromatic carbocycles. The van der Waals surface area contributed by atoms with Gasteiger partial charge in [0.1, 0.15) is 5.69 Å². The van der Waals surface area contributed by atoms with Crippen molar-refractivity contribution < 1.29 is 14.7 Å². The zero-order valence-corrected chi connectivity index (χ0v) is 6.52. The largest absolute Gasteiger partial charge is 0.475 e.